The van der Waals surface area contributed by atoms with E-state index in [0.29, 0.717) is 23.6 Å². The highest BCUT2D eigenvalue weighted by Crippen LogP contribution is 2.24. The Labute approximate surface area is 167 Å². The van der Waals surface area contributed by atoms with Crippen molar-refractivity contribution in [3.63, 3.8) is 0 Å². The van der Waals surface area contributed by atoms with Gasteiger partial charge in [0.15, 0.2) is 0 Å². The third kappa shape index (κ3) is 6.57. The minimum absolute atomic E-state index is 0.312. The number of carbonyl (C=O) groups excluding carboxylic acids is 2. The topological polar surface area (TPSA) is 64.6 Å². The number of unbranched alkanes of at least 4 members (excludes halogenated alkanes) is 1. The van der Waals surface area contributed by atoms with Crippen molar-refractivity contribution in [2.45, 2.75) is 19.8 Å². The zero-order chi connectivity index (χ0) is 19.6. The van der Waals surface area contributed by atoms with Crippen molar-refractivity contribution in [2.75, 3.05) is 19.0 Å². The molecule has 0 heterocycles. The van der Waals surface area contributed by atoms with Crippen LogP contribution in [0.4, 0.5) is 5.69 Å². The van der Waals surface area contributed by atoms with Crippen molar-refractivity contribution in [3.05, 3.63) is 64.1 Å². The number of hydrogen-bond acceptors (Lipinski definition) is 4. The summed E-state index contributed by atoms with van der Waals surface area (Å²) in [5, 5.41) is 2.74. The van der Waals surface area contributed by atoms with Crippen LogP contribution < -0.4 is 10.1 Å². The van der Waals surface area contributed by atoms with Crippen LogP contribution in [0.25, 0.3) is 6.08 Å². The molecule has 0 aromatic heterocycles. The van der Waals surface area contributed by atoms with Gasteiger partial charge in [-0.15, -0.1) is 0 Å². The minimum Gasteiger partial charge on any atom is -0.496 e. The number of amides is 1. The van der Waals surface area contributed by atoms with Crippen LogP contribution in [-0.4, -0.2) is 25.6 Å². The van der Waals surface area contributed by atoms with Gasteiger partial charge in [-0.2, -0.15) is 0 Å². The van der Waals surface area contributed by atoms with Gasteiger partial charge < -0.3 is 14.8 Å². The molecule has 0 saturated carbocycles. The molecule has 0 radical (unpaired) electrons. The Hall–Kier alpha value is -2.60. The van der Waals surface area contributed by atoms with Gasteiger partial charge in [-0.05, 0) is 48.9 Å². The minimum atomic E-state index is -0.394. The second kappa shape index (κ2) is 10.5. The normalized spacial score (nSPS) is 10.6. The first-order chi connectivity index (χ1) is 13.0. The molecule has 0 saturated heterocycles. The maximum absolute atomic E-state index is 12.2. The summed E-state index contributed by atoms with van der Waals surface area (Å²) in [5.74, 6) is -0.0402. The zero-order valence-corrected chi connectivity index (χ0v) is 16.9. The van der Waals surface area contributed by atoms with Gasteiger partial charge in [0.05, 0.1) is 19.3 Å². The number of methoxy groups -OCH3 is 1. The van der Waals surface area contributed by atoms with Crippen molar-refractivity contribution >= 4 is 39.6 Å². The van der Waals surface area contributed by atoms with Crippen LogP contribution in [0.15, 0.2) is 53.0 Å². The predicted octanol–water partition coefficient (Wildman–Crippen LogP) is 5.07. The van der Waals surface area contributed by atoms with Crippen LogP contribution in [0.1, 0.15) is 35.7 Å². The second-order valence-corrected chi connectivity index (χ2v) is 6.69. The first-order valence-corrected chi connectivity index (χ1v) is 9.42. The fraction of sp³-hybridized carbons (Fsp3) is 0.238. The van der Waals surface area contributed by atoms with Crippen molar-refractivity contribution in [2.24, 2.45) is 0 Å². The first kappa shape index (κ1) is 20.7. The molecule has 142 valence electrons. The van der Waals surface area contributed by atoms with E-state index < -0.39 is 5.97 Å². The van der Waals surface area contributed by atoms with Gasteiger partial charge in [0, 0.05) is 21.8 Å². The van der Waals surface area contributed by atoms with Crippen LogP contribution in [0.3, 0.4) is 0 Å². The number of anilines is 1. The summed E-state index contributed by atoms with van der Waals surface area (Å²) in [4.78, 5) is 24.2. The molecule has 2 aromatic carbocycles. The molecule has 2 rings (SSSR count). The van der Waals surface area contributed by atoms with E-state index in [4.69, 9.17) is 9.47 Å². The molecule has 0 aliphatic rings. The third-order valence-electron chi connectivity index (χ3n) is 3.70. The molecule has 0 spiro atoms. The Balaban J connectivity index is 2.03. The summed E-state index contributed by atoms with van der Waals surface area (Å²) in [6, 6.07) is 12.2. The summed E-state index contributed by atoms with van der Waals surface area (Å²) in [6.45, 7) is 2.42. The van der Waals surface area contributed by atoms with E-state index in [2.05, 4.69) is 21.2 Å². The van der Waals surface area contributed by atoms with Crippen molar-refractivity contribution < 1.29 is 19.1 Å². The quantitative estimate of drug-likeness (QED) is 0.360. The average molecular weight is 432 g/mol. The SMILES string of the molecule is CCCCOC(=O)c1cccc(NC(=O)/C=C/c2cc(Br)ccc2OC)c1. The molecule has 1 amide bonds. The maximum Gasteiger partial charge on any atom is 0.338 e. The van der Waals surface area contributed by atoms with E-state index >= 15 is 0 Å². The van der Waals surface area contributed by atoms with Crippen molar-refractivity contribution in [1.82, 2.24) is 0 Å². The molecule has 27 heavy (non-hydrogen) atoms. The lowest BCUT2D eigenvalue weighted by molar-refractivity contribution is -0.111. The molecule has 0 fully saturated rings. The smallest absolute Gasteiger partial charge is 0.338 e. The number of rotatable bonds is 8. The van der Waals surface area contributed by atoms with E-state index in [1.165, 1.54) is 6.08 Å². The Morgan fingerprint density at radius 1 is 1.19 bits per heavy atom. The Kier molecular flexibility index (Phi) is 8.07. The summed E-state index contributed by atoms with van der Waals surface area (Å²) < 4.78 is 11.4. The number of halogens is 1. The average Bonchev–Trinajstić information content (AvgIpc) is 2.67. The Morgan fingerprint density at radius 2 is 2.00 bits per heavy atom. The molecular formula is C21H22BrNO4. The Bertz CT molecular complexity index is 833. The van der Waals surface area contributed by atoms with Crippen LogP contribution in [0, 0.1) is 0 Å². The van der Waals surface area contributed by atoms with Crippen LogP contribution >= 0.6 is 15.9 Å². The van der Waals surface area contributed by atoms with Crippen molar-refractivity contribution in [3.8, 4) is 5.75 Å². The Morgan fingerprint density at radius 3 is 2.74 bits per heavy atom. The third-order valence-corrected chi connectivity index (χ3v) is 4.20. The second-order valence-electron chi connectivity index (χ2n) is 5.78. The molecule has 0 aliphatic heterocycles. The fourth-order valence-corrected chi connectivity index (χ4v) is 2.68. The lowest BCUT2D eigenvalue weighted by Gasteiger charge is -2.07. The van der Waals surface area contributed by atoms with E-state index in [1.807, 2.05) is 25.1 Å². The first-order valence-electron chi connectivity index (χ1n) is 8.63. The van der Waals surface area contributed by atoms with E-state index in [1.54, 1.807) is 37.5 Å². The monoisotopic (exact) mass is 431 g/mol. The van der Waals surface area contributed by atoms with Gasteiger partial charge in [-0.1, -0.05) is 35.3 Å². The summed E-state index contributed by atoms with van der Waals surface area (Å²) >= 11 is 3.40. The number of esters is 1. The van der Waals surface area contributed by atoms with Gasteiger partial charge in [-0.25, -0.2) is 4.79 Å². The molecule has 5 nitrogen and oxygen atoms in total. The molecule has 0 unspecified atom stereocenters. The number of nitrogens with one attached hydrogen (secondary N) is 1. The highest BCUT2D eigenvalue weighted by atomic mass is 79.9. The molecule has 1 N–H and O–H groups in total. The van der Waals surface area contributed by atoms with Crippen LogP contribution in [0.5, 0.6) is 5.75 Å². The molecule has 0 atom stereocenters. The van der Waals surface area contributed by atoms with E-state index in [-0.39, 0.29) is 5.91 Å². The number of benzene rings is 2. The summed E-state index contributed by atoms with van der Waals surface area (Å²) in [7, 11) is 1.58. The van der Waals surface area contributed by atoms with Gasteiger partial charge in [0.2, 0.25) is 5.91 Å². The van der Waals surface area contributed by atoms with Crippen molar-refractivity contribution in [1.29, 1.82) is 0 Å². The van der Waals surface area contributed by atoms with Gasteiger partial charge in [0.25, 0.3) is 0 Å². The number of hydrogen-bond donors (Lipinski definition) is 1. The molecule has 6 heteroatoms. The number of carbonyl (C=O) groups is 2. The highest BCUT2D eigenvalue weighted by Gasteiger charge is 2.08. The zero-order valence-electron chi connectivity index (χ0n) is 15.3. The van der Waals surface area contributed by atoms with Gasteiger partial charge in [-0.3, -0.25) is 4.79 Å². The summed E-state index contributed by atoms with van der Waals surface area (Å²) in [6.07, 6.45) is 4.86. The van der Waals surface area contributed by atoms with Crippen LogP contribution in [0.2, 0.25) is 0 Å². The van der Waals surface area contributed by atoms with Gasteiger partial charge in [0.1, 0.15) is 5.75 Å². The summed E-state index contributed by atoms with van der Waals surface area (Å²) in [5.41, 5.74) is 1.70. The lowest BCUT2D eigenvalue weighted by Crippen LogP contribution is -2.10. The lowest BCUT2D eigenvalue weighted by atomic mass is 10.2. The molecule has 0 aliphatic carbocycles. The molecule has 0 bridgehead atoms. The highest BCUT2D eigenvalue weighted by molar-refractivity contribution is 9.10. The largest absolute Gasteiger partial charge is 0.496 e. The standard InChI is InChI=1S/C21H22BrNO4/c1-3-4-12-27-21(25)16-6-5-7-18(14-16)23-20(24)11-8-15-13-17(22)9-10-19(15)26-2/h5-11,13-14H,3-4,12H2,1-2H3,(H,23,24)/b11-8+. The molecular weight excluding hydrogens is 410 g/mol. The van der Waals surface area contributed by atoms with E-state index in [9.17, 15) is 9.59 Å². The fourth-order valence-electron chi connectivity index (χ4n) is 2.30. The van der Waals surface area contributed by atoms with Gasteiger partial charge >= 0.3 is 5.97 Å². The van der Waals surface area contributed by atoms with E-state index in [0.717, 1.165) is 22.9 Å². The van der Waals surface area contributed by atoms with Crippen LogP contribution in [-0.2, 0) is 9.53 Å². The molecule has 2 aromatic rings. The number of ether oxygens (including phenoxy) is 2. The predicted molar refractivity (Wildman–Crippen MR) is 110 cm³/mol. The maximum atomic E-state index is 12.2.